The Morgan fingerprint density at radius 3 is 2.50 bits per heavy atom. The van der Waals surface area contributed by atoms with Crippen LogP contribution < -0.4 is 0 Å². The van der Waals surface area contributed by atoms with Gasteiger partial charge in [0.25, 0.3) is 0 Å². The van der Waals surface area contributed by atoms with Crippen LogP contribution in [0.2, 0.25) is 0 Å². The number of rotatable bonds is 2. The first-order valence-electron chi connectivity index (χ1n) is 3.84. The fourth-order valence-electron chi connectivity index (χ4n) is 1.13. The van der Waals surface area contributed by atoms with Crippen molar-refractivity contribution in [3.8, 4) is 0 Å². The Balaban J connectivity index is 2.25. The fraction of sp³-hybridized carbons (Fsp3) is 0.429. The van der Waals surface area contributed by atoms with Crippen molar-refractivity contribution in [2.45, 2.75) is 11.4 Å². The molecule has 1 aliphatic heterocycles. The molecule has 1 saturated heterocycles. The summed E-state index contributed by atoms with van der Waals surface area (Å²) in [7, 11) is -4.79. The largest absolute Gasteiger partial charge is 0.450 e. The molecule has 1 aromatic rings. The van der Waals surface area contributed by atoms with Crippen molar-refractivity contribution in [1.29, 1.82) is 0 Å². The van der Waals surface area contributed by atoms with E-state index >= 15 is 0 Å². The van der Waals surface area contributed by atoms with Gasteiger partial charge < -0.3 is 13.9 Å². The van der Waals surface area contributed by atoms with Crippen molar-refractivity contribution in [1.82, 2.24) is 0 Å². The molecule has 0 saturated carbocycles. The second-order valence-electron chi connectivity index (χ2n) is 2.71. The van der Waals surface area contributed by atoms with Crippen LogP contribution in [0.1, 0.15) is 11.9 Å². The van der Waals surface area contributed by atoms with E-state index < -0.39 is 21.6 Å². The second kappa shape index (κ2) is 3.34. The summed E-state index contributed by atoms with van der Waals surface area (Å²) in [6.45, 7) is 0.848. The molecular weight excluding hydrogens is 215 g/mol. The predicted octanol–water partition coefficient (Wildman–Crippen LogP) is 0.983. The molecule has 1 fully saturated rings. The molecule has 0 amide bonds. The van der Waals surface area contributed by atoms with Crippen molar-refractivity contribution in [2.24, 2.45) is 0 Å². The van der Waals surface area contributed by atoms with Gasteiger partial charge in [0.15, 0.2) is 6.29 Å². The topological polar surface area (TPSA) is 65.7 Å². The molecular formula is C7H7FO5S. The van der Waals surface area contributed by atoms with E-state index in [1.54, 1.807) is 0 Å². The molecule has 0 N–H and O–H groups in total. The lowest BCUT2D eigenvalue weighted by molar-refractivity contribution is -0.0444. The van der Waals surface area contributed by atoms with Gasteiger partial charge in [0.05, 0.1) is 13.2 Å². The van der Waals surface area contributed by atoms with Crippen LogP contribution in [0, 0.1) is 0 Å². The summed E-state index contributed by atoms with van der Waals surface area (Å²) in [5, 5.41) is -0.730. The van der Waals surface area contributed by atoms with Gasteiger partial charge in [-0.25, -0.2) is 0 Å². The van der Waals surface area contributed by atoms with Crippen molar-refractivity contribution < 1.29 is 26.2 Å². The normalized spacial score (nSPS) is 18.9. The summed E-state index contributed by atoms with van der Waals surface area (Å²) >= 11 is 0. The van der Waals surface area contributed by atoms with Crippen LogP contribution in [0.3, 0.4) is 0 Å². The molecule has 14 heavy (non-hydrogen) atoms. The van der Waals surface area contributed by atoms with E-state index in [0.717, 1.165) is 12.3 Å². The first-order chi connectivity index (χ1) is 6.57. The van der Waals surface area contributed by atoms with E-state index in [2.05, 4.69) is 4.42 Å². The zero-order chi connectivity index (χ0) is 10.2. The maximum Gasteiger partial charge on any atom is 0.365 e. The number of hydrogen-bond donors (Lipinski definition) is 0. The Morgan fingerprint density at radius 2 is 2.00 bits per heavy atom. The van der Waals surface area contributed by atoms with Gasteiger partial charge in [0.2, 0.25) is 5.09 Å². The van der Waals surface area contributed by atoms with Crippen LogP contribution in [0.4, 0.5) is 3.89 Å². The number of furan rings is 1. The third-order valence-electron chi connectivity index (χ3n) is 1.73. The zero-order valence-corrected chi connectivity index (χ0v) is 7.79. The smallest absolute Gasteiger partial charge is 0.365 e. The lowest BCUT2D eigenvalue weighted by Crippen LogP contribution is -1.95. The van der Waals surface area contributed by atoms with Crippen LogP contribution in [0.5, 0.6) is 0 Å². The zero-order valence-electron chi connectivity index (χ0n) is 6.97. The van der Waals surface area contributed by atoms with E-state index in [1.807, 2.05) is 0 Å². The van der Waals surface area contributed by atoms with E-state index in [4.69, 9.17) is 9.47 Å². The first kappa shape index (κ1) is 9.63. The third-order valence-corrected chi connectivity index (χ3v) is 2.42. The van der Waals surface area contributed by atoms with E-state index in [0.29, 0.717) is 18.8 Å². The molecule has 0 unspecified atom stereocenters. The lowest BCUT2D eigenvalue weighted by atomic mass is 10.3. The van der Waals surface area contributed by atoms with Gasteiger partial charge in [-0.05, 0) is 0 Å². The highest BCUT2D eigenvalue weighted by Gasteiger charge is 2.24. The Kier molecular flexibility index (Phi) is 2.30. The summed E-state index contributed by atoms with van der Waals surface area (Å²) in [5.41, 5.74) is 0.360. The van der Waals surface area contributed by atoms with Crippen LogP contribution >= 0.6 is 0 Å². The molecule has 1 aliphatic rings. The molecule has 0 radical (unpaired) electrons. The lowest BCUT2D eigenvalue weighted by Gasteiger charge is -2.03. The molecule has 2 heterocycles. The van der Waals surface area contributed by atoms with Gasteiger partial charge in [-0.3, -0.25) is 0 Å². The number of halogens is 1. The Hall–Kier alpha value is -0.920. The monoisotopic (exact) mass is 222 g/mol. The van der Waals surface area contributed by atoms with E-state index in [1.165, 1.54) is 0 Å². The first-order valence-corrected chi connectivity index (χ1v) is 5.22. The van der Waals surface area contributed by atoms with E-state index in [-0.39, 0.29) is 0 Å². The van der Waals surface area contributed by atoms with Gasteiger partial charge in [0.1, 0.15) is 6.26 Å². The highest BCUT2D eigenvalue weighted by molar-refractivity contribution is 7.86. The molecule has 0 aromatic carbocycles. The minimum atomic E-state index is -4.79. The fourth-order valence-corrected chi connectivity index (χ4v) is 1.57. The summed E-state index contributed by atoms with van der Waals surface area (Å²) < 4.78 is 47.9. The molecule has 78 valence electrons. The molecule has 2 rings (SSSR count). The van der Waals surface area contributed by atoms with Crippen LogP contribution in [-0.2, 0) is 19.7 Å². The quantitative estimate of drug-likeness (QED) is 0.698. The minimum absolute atomic E-state index is 0.360. The molecule has 0 atom stereocenters. The average molecular weight is 222 g/mol. The molecule has 0 bridgehead atoms. The van der Waals surface area contributed by atoms with E-state index in [9.17, 15) is 12.3 Å². The minimum Gasteiger partial charge on any atom is -0.450 e. The van der Waals surface area contributed by atoms with Gasteiger partial charge >= 0.3 is 10.2 Å². The summed E-state index contributed by atoms with van der Waals surface area (Å²) in [6, 6.07) is 1.05. The highest BCUT2D eigenvalue weighted by Crippen LogP contribution is 2.27. The molecule has 0 aliphatic carbocycles. The summed E-state index contributed by atoms with van der Waals surface area (Å²) in [4.78, 5) is 0. The van der Waals surface area contributed by atoms with Crippen LogP contribution in [-0.4, -0.2) is 21.6 Å². The predicted molar refractivity (Wildman–Crippen MR) is 41.6 cm³/mol. The average Bonchev–Trinajstić information content (AvgIpc) is 2.73. The number of hydrogen-bond acceptors (Lipinski definition) is 5. The highest BCUT2D eigenvalue weighted by atomic mass is 32.3. The standard InChI is InChI=1S/C7H7FO5S/c8-14(9,10)6-3-5(4-13-6)7-11-1-2-12-7/h3-4,7H,1-2H2. The molecule has 7 heteroatoms. The molecule has 0 spiro atoms. The Labute approximate surface area is 79.6 Å². The second-order valence-corrected chi connectivity index (χ2v) is 3.99. The van der Waals surface area contributed by atoms with Gasteiger partial charge in [-0.15, -0.1) is 0 Å². The van der Waals surface area contributed by atoms with Crippen molar-refractivity contribution in [3.63, 3.8) is 0 Å². The SMILES string of the molecule is O=S(=O)(F)c1cc(C2OCCO2)co1. The third kappa shape index (κ3) is 1.79. The Bertz CT molecular complexity index is 417. The maximum atomic E-state index is 12.4. The van der Waals surface area contributed by atoms with Gasteiger partial charge in [0, 0.05) is 11.6 Å². The molecule has 5 nitrogen and oxygen atoms in total. The molecule has 1 aromatic heterocycles. The number of ether oxygens (including phenoxy) is 2. The van der Waals surface area contributed by atoms with Crippen molar-refractivity contribution in [2.75, 3.05) is 13.2 Å². The van der Waals surface area contributed by atoms with Crippen molar-refractivity contribution in [3.05, 3.63) is 17.9 Å². The van der Waals surface area contributed by atoms with Crippen LogP contribution in [0.25, 0.3) is 0 Å². The van der Waals surface area contributed by atoms with Crippen LogP contribution in [0.15, 0.2) is 21.8 Å². The summed E-state index contributed by atoms with van der Waals surface area (Å²) in [5.74, 6) is 0. The Morgan fingerprint density at radius 1 is 1.36 bits per heavy atom. The van der Waals surface area contributed by atoms with Gasteiger partial charge in [-0.1, -0.05) is 3.89 Å². The maximum absolute atomic E-state index is 12.4. The van der Waals surface area contributed by atoms with Gasteiger partial charge in [-0.2, -0.15) is 8.42 Å². The van der Waals surface area contributed by atoms with Crippen molar-refractivity contribution >= 4 is 10.2 Å². The summed E-state index contributed by atoms with van der Waals surface area (Å²) in [6.07, 6.45) is 0.442.